The number of carbonyl (C=O) groups excluding carboxylic acids is 1. The SMILES string of the molecule is Cc1ccc2nc(C(=O)NC(C)CC(C)C)nc(NC3CCCCC3NC(=N)N)c2c1.O=C(O)C(F)(F)F.O=C(O)C(F)(F)F. The Labute approximate surface area is 254 Å². The zero-order chi connectivity index (χ0) is 34.7. The number of nitrogens with zero attached hydrogens (tertiary/aromatic N) is 2. The number of hydrogen-bond donors (Lipinski definition) is 7. The molecule has 0 aliphatic heterocycles. The second-order valence-electron chi connectivity index (χ2n) is 10.7. The molecule has 0 bridgehead atoms. The Morgan fingerprint density at radius 1 is 0.978 bits per heavy atom. The van der Waals surface area contributed by atoms with Gasteiger partial charge in [0, 0.05) is 23.5 Å². The highest BCUT2D eigenvalue weighted by Crippen LogP contribution is 2.27. The predicted molar refractivity (Wildman–Crippen MR) is 153 cm³/mol. The van der Waals surface area contributed by atoms with Crippen LogP contribution in [0.5, 0.6) is 0 Å². The Morgan fingerprint density at radius 3 is 1.96 bits per heavy atom. The van der Waals surface area contributed by atoms with Crippen LogP contribution in [0.3, 0.4) is 0 Å². The summed E-state index contributed by atoms with van der Waals surface area (Å²) in [4.78, 5) is 39.8. The summed E-state index contributed by atoms with van der Waals surface area (Å²) in [7, 11) is 0. The smallest absolute Gasteiger partial charge is 0.475 e. The van der Waals surface area contributed by atoms with E-state index >= 15 is 0 Å². The van der Waals surface area contributed by atoms with Gasteiger partial charge in [0.2, 0.25) is 5.82 Å². The van der Waals surface area contributed by atoms with Crippen molar-refractivity contribution >= 4 is 40.5 Å². The quantitative estimate of drug-likeness (QED) is 0.126. The largest absolute Gasteiger partial charge is 0.490 e. The van der Waals surface area contributed by atoms with Crippen molar-refractivity contribution in [3.63, 3.8) is 0 Å². The fraction of sp³-hybridized carbons (Fsp3) is 0.556. The van der Waals surface area contributed by atoms with Crippen molar-refractivity contribution in [1.82, 2.24) is 20.6 Å². The van der Waals surface area contributed by atoms with E-state index in [2.05, 4.69) is 39.8 Å². The Kier molecular flexibility index (Phi) is 14.3. The highest BCUT2D eigenvalue weighted by Gasteiger charge is 2.39. The first-order chi connectivity index (χ1) is 20.6. The van der Waals surface area contributed by atoms with E-state index in [1.165, 1.54) is 0 Å². The van der Waals surface area contributed by atoms with Crippen LogP contribution in [0.2, 0.25) is 0 Å². The van der Waals surface area contributed by atoms with Gasteiger partial charge in [-0.2, -0.15) is 26.3 Å². The number of carboxylic acids is 2. The third-order valence-corrected chi connectivity index (χ3v) is 6.17. The van der Waals surface area contributed by atoms with Gasteiger partial charge in [0.1, 0.15) is 5.82 Å². The van der Waals surface area contributed by atoms with Crippen molar-refractivity contribution in [2.75, 3.05) is 5.32 Å². The lowest BCUT2D eigenvalue weighted by Crippen LogP contribution is -2.50. The lowest BCUT2D eigenvalue weighted by atomic mass is 9.90. The molecule has 3 unspecified atom stereocenters. The fourth-order valence-corrected chi connectivity index (χ4v) is 4.36. The molecule has 3 atom stereocenters. The third-order valence-electron chi connectivity index (χ3n) is 6.17. The molecule has 1 amide bonds. The number of anilines is 1. The summed E-state index contributed by atoms with van der Waals surface area (Å²) in [6, 6.07) is 6.11. The van der Waals surface area contributed by atoms with Gasteiger partial charge < -0.3 is 31.9 Å². The van der Waals surface area contributed by atoms with Crippen LogP contribution >= 0.6 is 0 Å². The van der Waals surface area contributed by atoms with Gasteiger partial charge in [-0.05, 0) is 51.2 Å². The molecule has 8 N–H and O–H groups in total. The first-order valence-electron chi connectivity index (χ1n) is 13.7. The van der Waals surface area contributed by atoms with Gasteiger partial charge in [-0.15, -0.1) is 0 Å². The third kappa shape index (κ3) is 13.9. The molecule has 1 fully saturated rings. The number of amides is 1. The molecular formula is C27H37F6N7O5. The Hall–Kier alpha value is -4.38. The molecule has 0 spiro atoms. The first kappa shape index (κ1) is 38.6. The minimum absolute atomic E-state index is 0.0266. The first-order valence-corrected chi connectivity index (χ1v) is 13.7. The molecule has 45 heavy (non-hydrogen) atoms. The lowest BCUT2D eigenvalue weighted by Gasteiger charge is -2.33. The highest BCUT2D eigenvalue weighted by molar-refractivity contribution is 5.96. The number of aromatic nitrogens is 2. The van der Waals surface area contributed by atoms with Gasteiger partial charge in [0.05, 0.1) is 5.52 Å². The molecule has 252 valence electrons. The zero-order valence-corrected chi connectivity index (χ0v) is 24.9. The second kappa shape index (κ2) is 16.6. The second-order valence-corrected chi connectivity index (χ2v) is 10.7. The summed E-state index contributed by atoms with van der Waals surface area (Å²) in [6.07, 6.45) is -5.22. The summed E-state index contributed by atoms with van der Waals surface area (Å²) in [5.41, 5.74) is 7.43. The van der Waals surface area contributed by atoms with Crippen LogP contribution in [0.4, 0.5) is 32.2 Å². The van der Waals surface area contributed by atoms with E-state index in [-0.39, 0.29) is 35.8 Å². The van der Waals surface area contributed by atoms with Crippen LogP contribution in [0.1, 0.15) is 69.1 Å². The number of carbonyl (C=O) groups is 3. The number of carboxylic acid groups (broad SMARTS) is 2. The summed E-state index contributed by atoms with van der Waals surface area (Å²) >= 11 is 0. The number of hydrogen-bond acceptors (Lipinski definition) is 7. The standard InChI is InChI=1S/C23H35N7O.2C2HF3O2/c1-13(2)11-15(4)26-22(31)21-27-17-10-9-14(3)12-16(17)20(30-21)28-18-7-5-6-8-19(18)29-23(24)25;2*3-2(4,5)1(6)7/h9-10,12-13,15,18-19H,5-8,11H2,1-4H3,(H,26,31)(H4,24,25,29)(H,27,28,30);2*(H,6,7). The number of rotatable bonds is 7. The van der Waals surface area contributed by atoms with Crippen LogP contribution in [0, 0.1) is 18.3 Å². The molecule has 1 heterocycles. The van der Waals surface area contributed by atoms with E-state index in [9.17, 15) is 31.1 Å². The molecule has 1 aliphatic carbocycles. The summed E-state index contributed by atoms with van der Waals surface area (Å²) in [5, 5.41) is 32.4. The number of aliphatic carboxylic acids is 2. The maximum absolute atomic E-state index is 12.9. The van der Waals surface area contributed by atoms with E-state index in [4.69, 9.17) is 30.9 Å². The number of nitrogens with one attached hydrogen (secondary N) is 4. The fourth-order valence-electron chi connectivity index (χ4n) is 4.36. The number of aryl methyl sites for hydroxylation is 1. The van der Waals surface area contributed by atoms with Crippen LogP contribution in [-0.2, 0) is 9.59 Å². The normalized spacial score (nSPS) is 17.1. The monoisotopic (exact) mass is 653 g/mol. The van der Waals surface area contributed by atoms with E-state index in [1.807, 2.05) is 32.0 Å². The maximum atomic E-state index is 12.9. The molecule has 1 aromatic heterocycles. The number of nitrogens with two attached hydrogens (primary N) is 1. The van der Waals surface area contributed by atoms with Gasteiger partial charge in [0.15, 0.2) is 5.96 Å². The number of benzene rings is 1. The molecular weight excluding hydrogens is 616 g/mol. The Bertz CT molecular complexity index is 1310. The van der Waals surface area contributed by atoms with E-state index in [0.717, 1.165) is 48.6 Å². The van der Waals surface area contributed by atoms with Crippen molar-refractivity contribution in [2.45, 2.75) is 90.3 Å². The van der Waals surface area contributed by atoms with E-state index in [0.29, 0.717) is 11.7 Å². The highest BCUT2D eigenvalue weighted by atomic mass is 19.4. The van der Waals surface area contributed by atoms with Gasteiger partial charge in [0.25, 0.3) is 5.91 Å². The van der Waals surface area contributed by atoms with Crippen LogP contribution < -0.4 is 21.7 Å². The number of halogens is 6. The summed E-state index contributed by atoms with van der Waals surface area (Å²) in [6.45, 7) is 8.30. The molecule has 3 rings (SSSR count). The lowest BCUT2D eigenvalue weighted by molar-refractivity contribution is -0.193. The van der Waals surface area contributed by atoms with Gasteiger partial charge >= 0.3 is 24.3 Å². The molecule has 1 aromatic carbocycles. The zero-order valence-electron chi connectivity index (χ0n) is 24.9. The number of fused-ring (bicyclic) bond motifs is 1. The maximum Gasteiger partial charge on any atom is 0.490 e. The van der Waals surface area contributed by atoms with E-state index < -0.39 is 24.3 Å². The summed E-state index contributed by atoms with van der Waals surface area (Å²) < 4.78 is 63.5. The van der Waals surface area contributed by atoms with E-state index in [1.54, 1.807) is 0 Å². The topological polar surface area (TPSA) is 203 Å². The van der Waals surface area contributed by atoms with Crippen molar-refractivity contribution in [2.24, 2.45) is 11.7 Å². The van der Waals surface area contributed by atoms with Crippen molar-refractivity contribution in [1.29, 1.82) is 5.41 Å². The van der Waals surface area contributed by atoms with Gasteiger partial charge in [-0.25, -0.2) is 19.6 Å². The average Bonchev–Trinajstić information content (AvgIpc) is 2.88. The van der Waals surface area contributed by atoms with Crippen molar-refractivity contribution < 1.29 is 50.9 Å². The number of alkyl halides is 6. The van der Waals surface area contributed by atoms with Gasteiger partial charge in [-0.1, -0.05) is 38.3 Å². The minimum atomic E-state index is -5.08. The van der Waals surface area contributed by atoms with Crippen LogP contribution in [0.25, 0.3) is 10.9 Å². The molecule has 12 nitrogen and oxygen atoms in total. The molecule has 18 heteroatoms. The Balaban J connectivity index is 0.000000601. The summed E-state index contributed by atoms with van der Waals surface area (Å²) in [5.74, 6) is -4.49. The van der Waals surface area contributed by atoms with Crippen molar-refractivity contribution in [3.05, 3.63) is 29.6 Å². The number of guanidine groups is 1. The molecule has 0 radical (unpaired) electrons. The average molecular weight is 654 g/mol. The molecule has 1 saturated carbocycles. The van der Waals surface area contributed by atoms with Gasteiger partial charge in [-0.3, -0.25) is 10.2 Å². The van der Waals surface area contributed by atoms with Crippen LogP contribution in [0.15, 0.2) is 18.2 Å². The molecule has 2 aromatic rings. The molecule has 1 aliphatic rings. The Morgan fingerprint density at radius 2 is 1.49 bits per heavy atom. The predicted octanol–water partition coefficient (Wildman–Crippen LogP) is 4.58. The molecule has 0 saturated heterocycles. The minimum Gasteiger partial charge on any atom is -0.475 e. The van der Waals surface area contributed by atoms with Crippen molar-refractivity contribution in [3.8, 4) is 0 Å². The van der Waals surface area contributed by atoms with Crippen LogP contribution in [-0.4, -0.2) is 74.5 Å².